The van der Waals surface area contributed by atoms with Crippen molar-refractivity contribution in [1.29, 1.82) is 0 Å². The van der Waals surface area contributed by atoms with Gasteiger partial charge in [0.25, 0.3) is 0 Å². The second kappa shape index (κ2) is 14.0. The summed E-state index contributed by atoms with van der Waals surface area (Å²) < 4.78 is 28.8. The average Bonchev–Trinajstić information content (AvgIpc) is 2.83. The first kappa shape index (κ1) is 25.3. The molecular formula is C30H38F2O. The molecule has 0 atom stereocenters. The highest BCUT2D eigenvalue weighted by Gasteiger charge is 2.20. The number of unbranched alkanes of at least 4 members (excludes halogenated alkanes) is 4. The van der Waals surface area contributed by atoms with Crippen LogP contribution in [-0.2, 0) is 6.42 Å². The molecule has 0 amide bonds. The first-order valence-corrected chi connectivity index (χ1v) is 12.8. The minimum Gasteiger partial charge on any atom is -0.435 e. The van der Waals surface area contributed by atoms with Crippen LogP contribution in [0.5, 0.6) is 5.75 Å². The van der Waals surface area contributed by atoms with Gasteiger partial charge in [-0.05, 0) is 66.6 Å². The number of hydrogen-bond donors (Lipinski definition) is 0. The first-order valence-electron chi connectivity index (χ1n) is 12.8. The third-order valence-electron chi connectivity index (χ3n) is 6.91. The number of hydrogen-bond acceptors (Lipinski definition) is 1. The summed E-state index contributed by atoms with van der Waals surface area (Å²) in [5, 5.41) is 0. The maximum absolute atomic E-state index is 12.2. The van der Waals surface area contributed by atoms with E-state index in [2.05, 4.69) is 47.8 Å². The van der Waals surface area contributed by atoms with Crippen molar-refractivity contribution >= 4 is 0 Å². The van der Waals surface area contributed by atoms with Crippen LogP contribution in [0.1, 0.15) is 94.2 Å². The highest BCUT2D eigenvalue weighted by atomic mass is 19.3. The van der Waals surface area contributed by atoms with Crippen molar-refractivity contribution in [3.8, 4) is 17.6 Å². The highest BCUT2D eigenvalue weighted by Crippen LogP contribution is 2.34. The van der Waals surface area contributed by atoms with Gasteiger partial charge in [0.1, 0.15) is 5.75 Å². The van der Waals surface area contributed by atoms with Gasteiger partial charge in [0.2, 0.25) is 0 Å². The van der Waals surface area contributed by atoms with Crippen LogP contribution in [0.25, 0.3) is 0 Å². The van der Waals surface area contributed by atoms with Crippen LogP contribution < -0.4 is 4.74 Å². The summed E-state index contributed by atoms with van der Waals surface area (Å²) in [5.74, 6) is 8.24. The third-order valence-corrected chi connectivity index (χ3v) is 6.91. The number of benzene rings is 2. The van der Waals surface area contributed by atoms with Gasteiger partial charge < -0.3 is 4.74 Å². The maximum atomic E-state index is 12.2. The molecule has 1 aliphatic carbocycles. The van der Waals surface area contributed by atoms with Crippen LogP contribution in [0.3, 0.4) is 0 Å². The van der Waals surface area contributed by atoms with Crippen molar-refractivity contribution in [2.45, 2.75) is 90.6 Å². The van der Waals surface area contributed by atoms with E-state index in [4.69, 9.17) is 0 Å². The van der Waals surface area contributed by atoms with Crippen molar-refractivity contribution in [1.82, 2.24) is 0 Å². The molecule has 0 saturated heterocycles. The van der Waals surface area contributed by atoms with Gasteiger partial charge >= 0.3 is 6.61 Å². The van der Waals surface area contributed by atoms with Crippen LogP contribution >= 0.6 is 0 Å². The van der Waals surface area contributed by atoms with E-state index in [0.717, 1.165) is 29.4 Å². The van der Waals surface area contributed by atoms with Gasteiger partial charge in [-0.25, -0.2) is 0 Å². The fraction of sp³-hybridized carbons (Fsp3) is 0.533. The Hall–Kier alpha value is -2.34. The predicted octanol–water partition coefficient (Wildman–Crippen LogP) is 8.79. The molecule has 1 fully saturated rings. The normalized spacial score (nSPS) is 18.1. The smallest absolute Gasteiger partial charge is 0.387 e. The van der Waals surface area contributed by atoms with Crippen LogP contribution in [0.15, 0.2) is 48.5 Å². The molecule has 2 aromatic rings. The largest absolute Gasteiger partial charge is 0.435 e. The van der Waals surface area contributed by atoms with Crippen LogP contribution in [0.4, 0.5) is 8.78 Å². The van der Waals surface area contributed by atoms with Gasteiger partial charge in [0, 0.05) is 11.1 Å². The van der Waals surface area contributed by atoms with Crippen molar-refractivity contribution < 1.29 is 13.5 Å². The Morgan fingerprint density at radius 1 is 0.758 bits per heavy atom. The van der Waals surface area contributed by atoms with E-state index in [0.29, 0.717) is 0 Å². The van der Waals surface area contributed by atoms with Crippen molar-refractivity contribution in [3.63, 3.8) is 0 Å². The molecule has 178 valence electrons. The Labute approximate surface area is 198 Å². The number of rotatable bonds is 11. The second-order valence-corrected chi connectivity index (χ2v) is 9.48. The molecule has 3 heteroatoms. The lowest BCUT2D eigenvalue weighted by Gasteiger charge is -2.28. The zero-order valence-corrected chi connectivity index (χ0v) is 20.0. The molecule has 1 aliphatic rings. The summed E-state index contributed by atoms with van der Waals surface area (Å²) in [6.07, 6.45) is 16.6. The molecule has 0 aromatic heterocycles. The average molecular weight is 453 g/mol. The fourth-order valence-corrected chi connectivity index (χ4v) is 4.83. The minimum absolute atomic E-state index is 0.149. The summed E-state index contributed by atoms with van der Waals surface area (Å²) in [4.78, 5) is 0. The van der Waals surface area contributed by atoms with E-state index in [1.807, 2.05) is 0 Å². The lowest BCUT2D eigenvalue weighted by Crippen LogP contribution is -2.15. The standard InChI is InChI=1S/C30H38F2O/c1-2-3-4-5-6-7-24-8-10-25(11-9-24)12-13-26-14-16-27(17-15-26)18-19-28-20-22-29(23-21-28)33-30(31)32/h14-17,20-25,30H,2-13H2,1H3. The fourth-order valence-electron chi connectivity index (χ4n) is 4.83. The SMILES string of the molecule is CCCCCCCC1CCC(CCc2ccc(C#Cc3ccc(OC(F)F)cc3)cc2)CC1. The molecule has 3 rings (SSSR count). The van der Waals surface area contributed by atoms with Gasteiger partial charge in [-0.15, -0.1) is 0 Å². The van der Waals surface area contributed by atoms with Gasteiger partial charge in [-0.3, -0.25) is 0 Å². The Bertz CT molecular complexity index is 853. The van der Waals surface area contributed by atoms with Crippen molar-refractivity contribution in [2.24, 2.45) is 11.8 Å². The van der Waals surface area contributed by atoms with Gasteiger partial charge in [-0.1, -0.05) is 95.1 Å². The number of aryl methyl sites for hydroxylation is 1. The Balaban J connectivity index is 1.36. The van der Waals surface area contributed by atoms with Crippen LogP contribution in [0.2, 0.25) is 0 Å². The molecule has 0 bridgehead atoms. The minimum atomic E-state index is -2.81. The van der Waals surface area contributed by atoms with Crippen LogP contribution in [0, 0.1) is 23.7 Å². The summed E-state index contributed by atoms with van der Waals surface area (Å²) in [6.45, 7) is -0.522. The van der Waals surface area contributed by atoms with Gasteiger partial charge in [-0.2, -0.15) is 8.78 Å². The number of halogens is 2. The number of ether oxygens (including phenoxy) is 1. The lowest BCUT2D eigenvalue weighted by atomic mass is 9.77. The Morgan fingerprint density at radius 2 is 1.30 bits per heavy atom. The second-order valence-electron chi connectivity index (χ2n) is 9.48. The zero-order chi connectivity index (χ0) is 23.3. The van der Waals surface area contributed by atoms with Gasteiger partial charge in [0.05, 0.1) is 0 Å². The van der Waals surface area contributed by atoms with E-state index >= 15 is 0 Å². The van der Waals surface area contributed by atoms with Gasteiger partial charge in [0.15, 0.2) is 0 Å². The molecule has 2 aromatic carbocycles. The molecule has 0 N–H and O–H groups in total. The predicted molar refractivity (Wildman–Crippen MR) is 133 cm³/mol. The first-order chi connectivity index (χ1) is 16.1. The highest BCUT2D eigenvalue weighted by molar-refractivity contribution is 5.44. The summed E-state index contributed by atoms with van der Waals surface area (Å²) in [5.41, 5.74) is 3.12. The van der Waals surface area contributed by atoms with Crippen LogP contribution in [-0.4, -0.2) is 6.61 Å². The summed E-state index contributed by atoms with van der Waals surface area (Å²) in [7, 11) is 0. The quantitative estimate of drug-likeness (QED) is 0.244. The zero-order valence-electron chi connectivity index (χ0n) is 20.0. The molecule has 0 aliphatic heterocycles. The van der Waals surface area contributed by atoms with Crippen molar-refractivity contribution in [3.05, 3.63) is 65.2 Å². The molecule has 0 spiro atoms. The summed E-state index contributed by atoms with van der Waals surface area (Å²) in [6, 6.07) is 14.9. The monoisotopic (exact) mass is 452 g/mol. The lowest BCUT2D eigenvalue weighted by molar-refractivity contribution is -0.0498. The molecule has 33 heavy (non-hydrogen) atoms. The maximum Gasteiger partial charge on any atom is 0.387 e. The van der Waals surface area contributed by atoms with Crippen molar-refractivity contribution in [2.75, 3.05) is 0 Å². The molecule has 0 unspecified atom stereocenters. The summed E-state index contributed by atoms with van der Waals surface area (Å²) >= 11 is 0. The molecule has 0 heterocycles. The number of alkyl halides is 2. The Morgan fingerprint density at radius 3 is 1.88 bits per heavy atom. The van der Waals surface area contributed by atoms with E-state index in [9.17, 15) is 8.78 Å². The van der Waals surface area contributed by atoms with E-state index < -0.39 is 6.61 Å². The van der Waals surface area contributed by atoms with E-state index in [1.54, 1.807) is 12.1 Å². The van der Waals surface area contributed by atoms with E-state index in [1.165, 1.54) is 88.3 Å². The Kier molecular flexibility index (Phi) is 10.8. The van der Waals surface area contributed by atoms with E-state index in [-0.39, 0.29) is 5.75 Å². The third kappa shape index (κ3) is 9.58. The topological polar surface area (TPSA) is 9.23 Å². The molecule has 0 radical (unpaired) electrons. The molecule has 1 nitrogen and oxygen atoms in total. The molecular weight excluding hydrogens is 414 g/mol. The molecule has 1 saturated carbocycles.